The molecule has 0 amide bonds. The number of anilines is 1. The second kappa shape index (κ2) is 5.74. The largest absolute Gasteiger partial charge is 0.365 e. The summed E-state index contributed by atoms with van der Waals surface area (Å²) in [5.74, 6) is 5.68. The first kappa shape index (κ1) is 12.7. The molecule has 3 heteroatoms. The number of benzene rings is 3. The normalized spacial score (nSPS) is 12.2. The lowest BCUT2D eigenvalue weighted by atomic mass is 10.1. The van der Waals surface area contributed by atoms with Crippen LogP contribution in [0.4, 0.5) is 5.69 Å². The first-order chi connectivity index (χ1) is 9.88. The van der Waals surface area contributed by atoms with E-state index in [0.29, 0.717) is 0 Å². The number of hydrogen-bond donors (Lipinski definition) is 3. The predicted molar refractivity (Wildman–Crippen MR) is 84.1 cm³/mol. The number of fused-ring (bicyclic) bond motifs is 1. The summed E-state index contributed by atoms with van der Waals surface area (Å²) in [6, 6.07) is 24.6. The molecule has 0 aliphatic carbocycles. The summed E-state index contributed by atoms with van der Waals surface area (Å²) in [5.41, 5.74) is 4.99. The molecule has 20 heavy (non-hydrogen) atoms. The maximum Gasteiger partial charge on any atom is 0.116 e. The Bertz CT molecular complexity index is 689. The van der Waals surface area contributed by atoms with Gasteiger partial charge in [-0.3, -0.25) is 5.84 Å². The highest BCUT2D eigenvalue weighted by atomic mass is 15.3. The molecule has 1 unspecified atom stereocenters. The maximum absolute atomic E-state index is 5.68. The van der Waals surface area contributed by atoms with Crippen LogP contribution in [-0.4, -0.2) is 0 Å². The van der Waals surface area contributed by atoms with Crippen LogP contribution >= 0.6 is 0 Å². The standard InChI is InChI=1S/C17H17N3/c18-20-17(14-8-2-1-3-9-14)19-16-12-6-10-13-7-4-5-11-15(13)16/h1-12,17,19-20H,18H2. The summed E-state index contributed by atoms with van der Waals surface area (Å²) in [7, 11) is 0. The van der Waals surface area contributed by atoms with Crippen molar-refractivity contribution in [2.24, 2.45) is 5.84 Å². The van der Waals surface area contributed by atoms with E-state index in [1.54, 1.807) is 0 Å². The van der Waals surface area contributed by atoms with Crippen LogP contribution in [0.2, 0.25) is 0 Å². The number of nitrogens with one attached hydrogen (secondary N) is 2. The minimum atomic E-state index is -0.123. The zero-order valence-corrected chi connectivity index (χ0v) is 11.1. The Kier molecular flexibility index (Phi) is 3.63. The average molecular weight is 263 g/mol. The molecule has 0 heterocycles. The highest BCUT2D eigenvalue weighted by Crippen LogP contribution is 2.25. The molecule has 0 saturated carbocycles. The van der Waals surface area contributed by atoms with Crippen LogP contribution in [0, 0.1) is 0 Å². The molecule has 0 spiro atoms. The molecule has 0 aliphatic heterocycles. The molecule has 0 bridgehead atoms. The number of hydrazine groups is 1. The van der Waals surface area contributed by atoms with Gasteiger partial charge in [0.25, 0.3) is 0 Å². The average Bonchev–Trinajstić information content (AvgIpc) is 2.53. The van der Waals surface area contributed by atoms with Crippen LogP contribution in [0.15, 0.2) is 72.8 Å². The van der Waals surface area contributed by atoms with Crippen molar-refractivity contribution in [3.63, 3.8) is 0 Å². The van der Waals surface area contributed by atoms with Crippen LogP contribution < -0.4 is 16.6 Å². The molecular weight excluding hydrogens is 246 g/mol. The zero-order valence-electron chi connectivity index (χ0n) is 11.1. The predicted octanol–water partition coefficient (Wildman–Crippen LogP) is 3.41. The molecular formula is C17H17N3. The fourth-order valence-electron chi connectivity index (χ4n) is 2.37. The Hall–Kier alpha value is -2.36. The van der Waals surface area contributed by atoms with Crippen LogP contribution in [0.5, 0.6) is 0 Å². The highest BCUT2D eigenvalue weighted by Gasteiger charge is 2.09. The molecule has 0 aliphatic rings. The van der Waals surface area contributed by atoms with E-state index in [9.17, 15) is 0 Å². The van der Waals surface area contributed by atoms with E-state index in [4.69, 9.17) is 5.84 Å². The number of hydrogen-bond acceptors (Lipinski definition) is 3. The van der Waals surface area contributed by atoms with E-state index in [2.05, 4.69) is 35.0 Å². The van der Waals surface area contributed by atoms with Gasteiger partial charge >= 0.3 is 0 Å². The molecule has 3 aromatic carbocycles. The molecule has 3 nitrogen and oxygen atoms in total. The van der Waals surface area contributed by atoms with Crippen molar-refractivity contribution >= 4 is 16.5 Å². The molecule has 3 aromatic rings. The van der Waals surface area contributed by atoms with Crippen molar-refractivity contribution in [1.29, 1.82) is 0 Å². The van der Waals surface area contributed by atoms with Gasteiger partial charge in [0.1, 0.15) is 6.17 Å². The van der Waals surface area contributed by atoms with Crippen molar-refractivity contribution in [2.45, 2.75) is 6.17 Å². The van der Waals surface area contributed by atoms with Crippen molar-refractivity contribution < 1.29 is 0 Å². The van der Waals surface area contributed by atoms with E-state index in [-0.39, 0.29) is 6.17 Å². The van der Waals surface area contributed by atoms with Gasteiger partial charge in [0.15, 0.2) is 0 Å². The quantitative estimate of drug-likeness (QED) is 0.384. The maximum atomic E-state index is 5.68. The third kappa shape index (κ3) is 2.50. The smallest absolute Gasteiger partial charge is 0.116 e. The van der Waals surface area contributed by atoms with Crippen molar-refractivity contribution in [3.8, 4) is 0 Å². The van der Waals surface area contributed by atoms with E-state index in [0.717, 1.165) is 11.3 Å². The van der Waals surface area contributed by atoms with Gasteiger partial charge in [-0.15, -0.1) is 0 Å². The second-order valence-corrected chi connectivity index (χ2v) is 4.68. The van der Waals surface area contributed by atoms with Crippen molar-refractivity contribution in [3.05, 3.63) is 78.4 Å². The SMILES string of the molecule is NNC(Nc1cccc2ccccc12)c1ccccc1. The molecule has 4 N–H and O–H groups in total. The second-order valence-electron chi connectivity index (χ2n) is 4.68. The van der Waals surface area contributed by atoms with Crippen LogP contribution in [0.25, 0.3) is 10.8 Å². The molecule has 100 valence electrons. The Morgan fingerprint density at radius 2 is 1.45 bits per heavy atom. The Morgan fingerprint density at radius 1 is 0.750 bits per heavy atom. The fourth-order valence-corrected chi connectivity index (χ4v) is 2.37. The Morgan fingerprint density at radius 3 is 2.25 bits per heavy atom. The highest BCUT2D eigenvalue weighted by molar-refractivity contribution is 5.93. The van der Waals surface area contributed by atoms with Gasteiger partial charge in [0.2, 0.25) is 0 Å². The van der Waals surface area contributed by atoms with Gasteiger partial charge in [0.05, 0.1) is 0 Å². The van der Waals surface area contributed by atoms with E-state index in [1.165, 1.54) is 10.8 Å². The van der Waals surface area contributed by atoms with Gasteiger partial charge in [0, 0.05) is 11.1 Å². The number of rotatable bonds is 4. The minimum absolute atomic E-state index is 0.123. The Balaban J connectivity index is 1.96. The molecule has 0 aromatic heterocycles. The lowest BCUT2D eigenvalue weighted by Gasteiger charge is -2.20. The summed E-state index contributed by atoms with van der Waals surface area (Å²) in [6.45, 7) is 0. The summed E-state index contributed by atoms with van der Waals surface area (Å²) < 4.78 is 0. The first-order valence-corrected chi connectivity index (χ1v) is 6.64. The topological polar surface area (TPSA) is 50.1 Å². The number of nitrogens with two attached hydrogens (primary N) is 1. The minimum Gasteiger partial charge on any atom is -0.365 e. The van der Waals surface area contributed by atoms with Gasteiger partial charge in [-0.2, -0.15) is 0 Å². The zero-order chi connectivity index (χ0) is 13.8. The lowest BCUT2D eigenvalue weighted by Crippen LogP contribution is -2.33. The van der Waals surface area contributed by atoms with Crippen molar-refractivity contribution in [1.82, 2.24) is 5.43 Å². The third-order valence-electron chi connectivity index (χ3n) is 3.39. The monoisotopic (exact) mass is 263 g/mol. The molecule has 1 atom stereocenters. The molecule has 3 rings (SSSR count). The lowest BCUT2D eigenvalue weighted by molar-refractivity contribution is 0.616. The Labute approximate surface area is 118 Å². The van der Waals surface area contributed by atoms with Gasteiger partial charge in [-0.1, -0.05) is 66.7 Å². The van der Waals surface area contributed by atoms with Crippen LogP contribution in [0.1, 0.15) is 11.7 Å². The molecule has 0 saturated heterocycles. The van der Waals surface area contributed by atoms with Crippen LogP contribution in [0.3, 0.4) is 0 Å². The van der Waals surface area contributed by atoms with E-state index >= 15 is 0 Å². The molecule has 0 fully saturated rings. The third-order valence-corrected chi connectivity index (χ3v) is 3.39. The first-order valence-electron chi connectivity index (χ1n) is 6.64. The van der Waals surface area contributed by atoms with Crippen LogP contribution in [-0.2, 0) is 0 Å². The van der Waals surface area contributed by atoms with E-state index < -0.39 is 0 Å². The van der Waals surface area contributed by atoms with Gasteiger partial charge < -0.3 is 5.32 Å². The van der Waals surface area contributed by atoms with Gasteiger partial charge in [-0.05, 0) is 17.0 Å². The summed E-state index contributed by atoms with van der Waals surface area (Å²) in [5, 5.41) is 5.85. The summed E-state index contributed by atoms with van der Waals surface area (Å²) >= 11 is 0. The fraction of sp³-hybridized carbons (Fsp3) is 0.0588. The van der Waals surface area contributed by atoms with E-state index in [1.807, 2.05) is 48.5 Å². The van der Waals surface area contributed by atoms with Gasteiger partial charge in [-0.25, -0.2) is 5.43 Å². The summed E-state index contributed by atoms with van der Waals surface area (Å²) in [6.07, 6.45) is -0.123. The molecule has 0 radical (unpaired) electrons. The van der Waals surface area contributed by atoms with Crippen molar-refractivity contribution in [2.75, 3.05) is 5.32 Å². The summed E-state index contributed by atoms with van der Waals surface area (Å²) in [4.78, 5) is 0.